The quantitative estimate of drug-likeness (QED) is 0.160. The summed E-state index contributed by atoms with van der Waals surface area (Å²) in [5.74, 6) is 0.178. The average Bonchev–Trinajstić information content (AvgIpc) is 3.88. The number of pyridine rings is 4. The third-order valence-electron chi connectivity index (χ3n) is 12.2. The molecule has 0 saturated carbocycles. The fourth-order valence-electron chi connectivity index (χ4n) is 9.35. The van der Waals surface area contributed by atoms with Crippen molar-refractivity contribution in [1.29, 1.82) is 0 Å². The number of aromatic nitrogens is 5. The molecule has 1 aliphatic heterocycles. The summed E-state index contributed by atoms with van der Waals surface area (Å²) in [6, 6.07) is 60.2. The van der Waals surface area contributed by atoms with Gasteiger partial charge in [-0.3, -0.25) is 19.9 Å². The van der Waals surface area contributed by atoms with Crippen LogP contribution in [0.4, 0.5) is 0 Å². The highest BCUT2D eigenvalue weighted by Gasteiger charge is 2.35. The minimum atomic E-state index is 0.178. The van der Waals surface area contributed by atoms with Crippen LogP contribution in [0.3, 0.4) is 0 Å². The van der Waals surface area contributed by atoms with Gasteiger partial charge in [0.25, 0.3) is 0 Å². The molecule has 5 nitrogen and oxygen atoms in total. The summed E-state index contributed by atoms with van der Waals surface area (Å²) < 4.78 is 2.46. The first kappa shape index (κ1) is 36.2. The van der Waals surface area contributed by atoms with E-state index >= 15 is 0 Å². The lowest BCUT2D eigenvalue weighted by atomic mass is 9.88. The first-order valence-corrected chi connectivity index (χ1v) is 21.8. The van der Waals surface area contributed by atoms with E-state index in [1.165, 1.54) is 21.2 Å². The Morgan fingerprint density at radius 1 is 0.419 bits per heavy atom. The lowest BCUT2D eigenvalue weighted by Gasteiger charge is -2.21. The van der Waals surface area contributed by atoms with Crippen molar-refractivity contribution in [2.24, 2.45) is 0 Å². The molecule has 0 amide bonds. The van der Waals surface area contributed by atoms with Gasteiger partial charge in [-0.25, -0.2) is 0 Å². The van der Waals surface area contributed by atoms with Gasteiger partial charge in [0, 0.05) is 79.6 Å². The maximum atomic E-state index is 4.82. The smallest absolute Gasteiger partial charge is 0.0709 e. The minimum absolute atomic E-state index is 0.178. The molecule has 5 aromatic heterocycles. The Kier molecular flexibility index (Phi) is 8.82. The van der Waals surface area contributed by atoms with Gasteiger partial charge in [0.15, 0.2) is 0 Å². The number of benzene rings is 5. The van der Waals surface area contributed by atoms with Crippen molar-refractivity contribution in [3.05, 3.63) is 218 Å². The van der Waals surface area contributed by atoms with Gasteiger partial charge < -0.3 is 4.57 Å². The molecule has 62 heavy (non-hydrogen) atoms. The summed E-state index contributed by atoms with van der Waals surface area (Å²) in [4.78, 5) is 20.4. The summed E-state index contributed by atoms with van der Waals surface area (Å²) in [5, 5.41) is 2.67. The van der Waals surface area contributed by atoms with Crippen LogP contribution in [0.1, 0.15) is 11.5 Å². The van der Waals surface area contributed by atoms with Gasteiger partial charge >= 0.3 is 0 Å². The van der Waals surface area contributed by atoms with Crippen LogP contribution in [0.25, 0.3) is 94.8 Å². The van der Waals surface area contributed by atoms with Crippen molar-refractivity contribution >= 4 is 39.3 Å². The second kappa shape index (κ2) is 15.1. The summed E-state index contributed by atoms with van der Waals surface area (Å²) in [6.07, 6.45) is 14.7. The summed E-state index contributed by atoms with van der Waals surface area (Å²) in [5.41, 5.74) is 17.6. The molecule has 10 aromatic rings. The van der Waals surface area contributed by atoms with Gasteiger partial charge in [0.05, 0.1) is 33.8 Å². The van der Waals surface area contributed by atoms with E-state index < -0.39 is 0 Å². The Balaban J connectivity index is 1.04. The van der Waals surface area contributed by atoms with Gasteiger partial charge in [-0.2, -0.15) is 0 Å². The van der Waals surface area contributed by atoms with E-state index in [1.807, 2.05) is 60.8 Å². The molecule has 5 aromatic carbocycles. The molecule has 2 aliphatic rings. The maximum Gasteiger partial charge on any atom is 0.0709 e. The normalized spacial score (nSPS) is 15.4. The van der Waals surface area contributed by atoms with Crippen LogP contribution in [0.5, 0.6) is 0 Å². The number of thioether (sulfide) groups is 1. The number of fused-ring (bicyclic) bond motifs is 6. The number of rotatable bonds is 7. The monoisotopic (exact) mass is 811 g/mol. The van der Waals surface area contributed by atoms with Crippen molar-refractivity contribution in [2.75, 3.05) is 0 Å². The molecule has 0 saturated heterocycles. The summed E-state index contributed by atoms with van der Waals surface area (Å²) in [7, 11) is 0. The molecule has 0 radical (unpaired) electrons. The Labute approximate surface area is 363 Å². The third kappa shape index (κ3) is 6.18. The molecule has 2 atom stereocenters. The van der Waals surface area contributed by atoms with Crippen LogP contribution in [0, 0.1) is 0 Å². The van der Waals surface area contributed by atoms with Gasteiger partial charge in [-0.05, 0) is 119 Å². The molecular formula is C56H37N5S. The van der Waals surface area contributed by atoms with Crippen LogP contribution in [-0.4, -0.2) is 29.8 Å². The average molecular weight is 812 g/mol. The van der Waals surface area contributed by atoms with E-state index in [0.717, 1.165) is 84.0 Å². The van der Waals surface area contributed by atoms with Crippen molar-refractivity contribution in [2.45, 2.75) is 16.1 Å². The predicted octanol–water partition coefficient (Wildman–Crippen LogP) is 14.0. The first-order valence-electron chi connectivity index (χ1n) is 20.9. The van der Waals surface area contributed by atoms with E-state index in [1.54, 1.807) is 0 Å². The third-order valence-corrected chi connectivity index (χ3v) is 13.5. The first-order chi connectivity index (χ1) is 30.7. The summed E-state index contributed by atoms with van der Waals surface area (Å²) >= 11 is 1.94. The topological polar surface area (TPSA) is 56.5 Å². The van der Waals surface area contributed by atoms with E-state index in [2.05, 4.69) is 168 Å². The molecular weight excluding hydrogens is 775 g/mol. The van der Waals surface area contributed by atoms with Crippen LogP contribution in [0.15, 0.2) is 218 Å². The van der Waals surface area contributed by atoms with Gasteiger partial charge in [-0.1, -0.05) is 97.1 Å². The van der Waals surface area contributed by atoms with Crippen LogP contribution in [0.2, 0.25) is 0 Å². The van der Waals surface area contributed by atoms with Crippen molar-refractivity contribution in [1.82, 2.24) is 24.5 Å². The Bertz CT molecular complexity index is 3240. The molecule has 1 aliphatic carbocycles. The molecule has 12 rings (SSSR count). The Morgan fingerprint density at radius 3 is 1.35 bits per heavy atom. The van der Waals surface area contributed by atoms with E-state index in [-0.39, 0.29) is 11.2 Å². The molecule has 0 bridgehead atoms. The molecule has 2 unspecified atom stereocenters. The second-order valence-electron chi connectivity index (χ2n) is 15.7. The molecule has 292 valence electrons. The fourth-order valence-corrected chi connectivity index (χ4v) is 10.7. The molecule has 0 spiro atoms. The number of hydrogen-bond donors (Lipinski definition) is 0. The number of allylic oxidation sites excluding steroid dienone is 3. The van der Waals surface area contributed by atoms with Crippen LogP contribution in [-0.2, 0) is 0 Å². The molecule has 6 heterocycles. The van der Waals surface area contributed by atoms with E-state index in [4.69, 9.17) is 19.9 Å². The molecule has 0 fully saturated rings. The van der Waals surface area contributed by atoms with Crippen molar-refractivity contribution in [3.8, 4) is 67.3 Å². The van der Waals surface area contributed by atoms with Gasteiger partial charge in [0.2, 0.25) is 0 Å². The Hall–Kier alpha value is -7.67. The molecule has 0 N–H and O–H groups in total. The zero-order chi connectivity index (χ0) is 41.0. The lowest BCUT2D eigenvalue weighted by molar-refractivity contribution is 0.876. The van der Waals surface area contributed by atoms with E-state index in [0.29, 0.717) is 0 Å². The number of hydrogen-bond acceptors (Lipinski definition) is 5. The highest BCUT2D eigenvalue weighted by Crippen LogP contribution is 2.53. The van der Waals surface area contributed by atoms with Crippen LogP contribution >= 0.6 is 11.8 Å². The van der Waals surface area contributed by atoms with Crippen molar-refractivity contribution in [3.63, 3.8) is 0 Å². The Morgan fingerprint density at radius 2 is 0.871 bits per heavy atom. The number of nitrogens with zero attached hydrogens (tertiary/aromatic N) is 5. The maximum absolute atomic E-state index is 4.82. The zero-order valence-corrected chi connectivity index (χ0v) is 34.3. The highest BCUT2D eigenvalue weighted by atomic mass is 32.2. The lowest BCUT2D eigenvalue weighted by Crippen LogP contribution is -2.11. The second-order valence-corrected chi connectivity index (χ2v) is 17.0. The zero-order valence-electron chi connectivity index (χ0n) is 33.5. The van der Waals surface area contributed by atoms with Gasteiger partial charge in [0.1, 0.15) is 0 Å². The van der Waals surface area contributed by atoms with Crippen molar-refractivity contribution < 1.29 is 0 Å². The van der Waals surface area contributed by atoms with Crippen LogP contribution < -0.4 is 0 Å². The van der Waals surface area contributed by atoms with E-state index in [9.17, 15) is 0 Å². The largest absolute Gasteiger partial charge is 0.310 e. The van der Waals surface area contributed by atoms with Gasteiger partial charge in [-0.15, -0.1) is 11.8 Å². The highest BCUT2D eigenvalue weighted by molar-refractivity contribution is 8.00. The standard InChI is InChI=1S/C56H37N5S/c1-3-15-41(49-17-5-9-27-57-49)39(13-1)36-21-24-53-45(31-36)46-32-37(40-14-2-4-16-42(40)50-18-6-10-28-58-50)22-25-54(46)61(53)38-23-26-55-47(33-38)48-34-43(51-19-7-11-29-59-51)44(35-56(48)62-55)52-20-8-12-30-60-52/h1-35,47,55H. The fraction of sp³-hybridized carbons (Fsp3) is 0.0357. The predicted molar refractivity (Wildman–Crippen MR) is 255 cm³/mol. The molecule has 6 heteroatoms. The minimum Gasteiger partial charge on any atom is -0.310 e. The SMILES string of the molecule is C1=CC2Sc3cc(-c4ccccn4)c(-c4ccccn4)cc3C2C=C1n1c2ccc(-c3ccccc3-c3ccccn3)cc2c2cc(-c3ccccc3-c3ccccn3)ccc21. The summed E-state index contributed by atoms with van der Waals surface area (Å²) in [6.45, 7) is 0.